The van der Waals surface area contributed by atoms with Crippen LogP contribution in [-0.4, -0.2) is 31.6 Å². The van der Waals surface area contributed by atoms with Crippen molar-refractivity contribution in [2.24, 2.45) is 5.92 Å². The lowest BCUT2D eigenvalue weighted by Gasteiger charge is -2.24. The quantitative estimate of drug-likeness (QED) is 0.738. The summed E-state index contributed by atoms with van der Waals surface area (Å²) in [5, 5.41) is 6.43. The van der Waals surface area contributed by atoms with Gasteiger partial charge in [0.1, 0.15) is 5.76 Å². The Morgan fingerprint density at radius 2 is 2.11 bits per heavy atom. The molecule has 0 saturated carbocycles. The molecule has 2 N–H and O–H groups in total. The third-order valence-electron chi connectivity index (χ3n) is 5.65. The molecule has 0 radical (unpaired) electrons. The molecule has 0 bridgehead atoms. The first kappa shape index (κ1) is 22.6. The van der Waals surface area contributed by atoms with Crippen molar-refractivity contribution in [3.8, 4) is 0 Å². The van der Waals surface area contributed by atoms with Gasteiger partial charge in [0.15, 0.2) is 0 Å². The number of rotatable bonds is 6. The Morgan fingerprint density at radius 3 is 2.89 bits per heavy atom. The summed E-state index contributed by atoms with van der Waals surface area (Å²) < 4.78 is 5.68. The van der Waals surface area contributed by atoms with Gasteiger partial charge in [-0.3, -0.25) is 4.79 Å². The lowest BCUT2D eigenvalue weighted by molar-refractivity contribution is 0.0949. The predicted molar refractivity (Wildman–Crippen MR) is 117 cm³/mol. The van der Waals surface area contributed by atoms with Crippen LogP contribution in [0.25, 0.3) is 0 Å². The Morgan fingerprint density at radius 1 is 1.29 bits per heavy atom. The fourth-order valence-corrected chi connectivity index (χ4v) is 4.14. The second-order valence-corrected chi connectivity index (χ2v) is 7.47. The van der Waals surface area contributed by atoms with Crippen molar-refractivity contribution in [3.63, 3.8) is 0 Å². The number of hydrogen-bond donors (Lipinski definition) is 2. The molecule has 3 heterocycles. The second-order valence-electron chi connectivity index (χ2n) is 7.47. The second kappa shape index (κ2) is 10.2. The summed E-state index contributed by atoms with van der Waals surface area (Å²) in [6, 6.07) is 10.7. The number of nitrogens with one attached hydrogen (secondary N) is 2. The number of carbonyl (C=O) groups excluding carboxylic acids is 1. The normalized spacial score (nSPS) is 20.2. The van der Waals surface area contributed by atoms with Crippen LogP contribution in [0.1, 0.15) is 41.4 Å². The molecule has 28 heavy (non-hydrogen) atoms. The van der Waals surface area contributed by atoms with Crippen molar-refractivity contribution in [3.05, 3.63) is 53.5 Å². The van der Waals surface area contributed by atoms with E-state index in [1.54, 1.807) is 12.3 Å². The van der Waals surface area contributed by atoms with E-state index >= 15 is 0 Å². The Kier molecular flexibility index (Phi) is 8.23. The Labute approximate surface area is 179 Å². The summed E-state index contributed by atoms with van der Waals surface area (Å²) in [5.41, 5.74) is 3.27. The fourth-order valence-electron chi connectivity index (χ4n) is 4.14. The molecule has 1 amide bonds. The van der Waals surface area contributed by atoms with Crippen LogP contribution in [0.3, 0.4) is 0 Å². The van der Waals surface area contributed by atoms with E-state index in [1.165, 1.54) is 17.7 Å². The van der Waals surface area contributed by atoms with Crippen LogP contribution in [0, 0.1) is 5.92 Å². The summed E-state index contributed by atoms with van der Waals surface area (Å²) in [6.07, 6.45) is 4.90. The number of halogens is 2. The largest absolute Gasteiger partial charge is 0.467 e. The van der Waals surface area contributed by atoms with E-state index in [1.807, 2.05) is 0 Å². The van der Waals surface area contributed by atoms with E-state index < -0.39 is 0 Å². The molecule has 2 aliphatic heterocycles. The minimum absolute atomic E-state index is 0. The third kappa shape index (κ3) is 4.83. The van der Waals surface area contributed by atoms with Gasteiger partial charge < -0.3 is 20.0 Å². The SMILES string of the molecule is CC1Cc2ccccc2N1Cc1occc1C(=O)NCCC1CCNC1.Cl.Cl. The molecule has 1 saturated heterocycles. The third-order valence-corrected chi connectivity index (χ3v) is 5.65. The molecule has 1 aromatic carbocycles. The van der Waals surface area contributed by atoms with Crippen molar-refractivity contribution in [2.75, 3.05) is 24.5 Å². The molecule has 154 valence electrons. The predicted octanol–water partition coefficient (Wildman–Crippen LogP) is 3.80. The molecule has 1 aromatic heterocycles. The van der Waals surface area contributed by atoms with Gasteiger partial charge >= 0.3 is 0 Å². The molecule has 4 rings (SSSR count). The van der Waals surface area contributed by atoms with Gasteiger partial charge in [-0.2, -0.15) is 0 Å². The average molecular weight is 426 g/mol. The molecule has 5 nitrogen and oxygen atoms in total. The van der Waals surface area contributed by atoms with Crippen LogP contribution >= 0.6 is 24.8 Å². The van der Waals surface area contributed by atoms with Crippen molar-refractivity contribution in [1.82, 2.24) is 10.6 Å². The van der Waals surface area contributed by atoms with E-state index in [0.717, 1.165) is 38.2 Å². The average Bonchev–Trinajstić information content (AvgIpc) is 3.37. The molecule has 2 aromatic rings. The van der Waals surface area contributed by atoms with Crippen molar-refractivity contribution < 1.29 is 9.21 Å². The van der Waals surface area contributed by atoms with Crippen molar-refractivity contribution in [1.29, 1.82) is 0 Å². The maximum atomic E-state index is 12.6. The number of nitrogens with zero attached hydrogens (tertiary/aromatic N) is 1. The summed E-state index contributed by atoms with van der Waals surface area (Å²) in [7, 11) is 0. The van der Waals surface area contributed by atoms with E-state index in [4.69, 9.17) is 4.42 Å². The first-order chi connectivity index (χ1) is 12.7. The van der Waals surface area contributed by atoms with E-state index in [2.05, 4.69) is 46.7 Å². The van der Waals surface area contributed by atoms with Gasteiger partial charge in [-0.25, -0.2) is 0 Å². The number of carbonyl (C=O) groups is 1. The molecule has 7 heteroatoms. The van der Waals surface area contributed by atoms with E-state index in [0.29, 0.717) is 24.1 Å². The zero-order chi connectivity index (χ0) is 17.9. The van der Waals surface area contributed by atoms with Crippen LogP contribution in [0.15, 0.2) is 41.0 Å². The smallest absolute Gasteiger partial charge is 0.254 e. The van der Waals surface area contributed by atoms with Gasteiger partial charge in [0.25, 0.3) is 5.91 Å². The lowest BCUT2D eigenvalue weighted by atomic mass is 10.1. The van der Waals surface area contributed by atoms with Crippen molar-refractivity contribution in [2.45, 2.75) is 38.8 Å². The summed E-state index contributed by atoms with van der Waals surface area (Å²) in [5.74, 6) is 1.40. The van der Waals surface area contributed by atoms with Crippen LogP contribution in [-0.2, 0) is 13.0 Å². The van der Waals surface area contributed by atoms with Crippen LogP contribution in [0.5, 0.6) is 0 Å². The molecule has 1 fully saturated rings. The minimum atomic E-state index is -0.0279. The molecule has 0 aliphatic carbocycles. The standard InChI is InChI=1S/C21H27N3O2.2ClH/c1-15-12-17-4-2-3-5-19(17)24(15)14-20-18(8-11-26-20)21(25)23-10-7-16-6-9-22-13-16;;/h2-5,8,11,15-16,22H,6-7,9-10,12-14H2,1H3,(H,23,25);2*1H. The molecule has 2 aliphatic rings. The molecule has 2 unspecified atom stereocenters. The van der Waals surface area contributed by atoms with Gasteiger partial charge in [-0.1, -0.05) is 18.2 Å². The zero-order valence-electron chi connectivity index (χ0n) is 16.1. The van der Waals surface area contributed by atoms with E-state index in [-0.39, 0.29) is 30.7 Å². The number of fused-ring (bicyclic) bond motifs is 1. The number of amides is 1. The van der Waals surface area contributed by atoms with Crippen molar-refractivity contribution >= 4 is 36.4 Å². The summed E-state index contributed by atoms with van der Waals surface area (Å²) >= 11 is 0. The number of benzene rings is 1. The highest BCUT2D eigenvalue weighted by Crippen LogP contribution is 2.33. The van der Waals surface area contributed by atoms with E-state index in [9.17, 15) is 4.79 Å². The Hall–Kier alpha value is -1.69. The highest BCUT2D eigenvalue weighted by atomic mass is 35.5. The number of furan rings is 1. The van der Waals surface area contributed by atoms with Gasteiger partial charge in [0.2, 0.25) is 0 Å². The van der Waals surface area contributed by atoms with Gasteiger partial charge in [0, 0.05) is 18.3 Å². The fraction of sp³-hybridized carbons (Fsp3) is 0.476. The van der Waals surface area contributed by atoms with Gasteiger partial charge in [-0.15, -0.1) is 24.8 Å². The Balaban J connectivity index is 0.00000140. The highest BCUT2D eigenvalue weighted by Gasteiger charge is 2.28. The maximum absolute atomic E-state index is 12.6. The number of para-hydroxylation sites is 1. The van der Waals surface area contributed by atoms with Crippen LogP contribution in [0.2, 0.25) is 0 Å². The highest BCUT2D eigenvalue weighted by molar-refractivity contribution is 5.95. The first-order valence-electron chi connectivity index (χ1n) is 9.62. The summed E-state index contributed by atoms with van der Waals surface area (Å²) in [6.45, 7) is 5.73. The van der Waals surface area contributed by atoms with Crippen LogP contribution in [0.4, 0.5) is 5.69 Å². The topological polar surface area (TPSA) is 57.5 Å². The lowest BCUT2D eigenvalue weighted by Crippen LogP contribution is -2.31. The maximum Gasteiger partial charge on any atom is 0.254 e. The molecular weight excluding hydrogens is 397 g/mol. The first-order valence-corrected chi connectivity index (χ1v) is 9.62. The molecule has 2 atom stereocenters. The molecular formula is C21H29Cl2N3O2. The number of hydrogen-bond acceptors (Lipinski definition) is 4. The minimum Gasteiger partial charge on any atom is -0.467 e. The Bertz CT molecular complexity index is 775. The van der Waals surface area contributed by atoms with Crippen LogP contribution < -0.4 is 15.5 Å². The monoisotopic (exact) mass is 425 g/mol. The number of anilines is 1. The van der Waals surface area contributed by atoms with Gasteiger partial charge in [-0.05, 0) is 62.9 Å². The zero-order valence-corrected chi connectivity index (χ0v) is 17.8. The summed E-state index contributed by atoms with van der Waals surface area (Å²) in [4.78, 5) is 14.9. The van der Waals surface area contributed by atoms with Gasteiger partial charge in [0.05, 0.1) is 18.4 Å². The molecule has 0 spiro atoms.